The number of aromatic nitrogens is 2. The van der Waals surface area contributed by atoms with Crippen LogP contribution in [-0.2, 0) is 26.5 Å². The van der Waals surface area contributed by atoms with E-state index in [4.69, 9.17) is 9.47 Å². The Bertz CT molecular complexity index is 630. The molecule has 0 N–H and O–H groups in total. The summed E-state index contributed by atoms with van der Waals surface area (Å²) in [6, 6.07) is 0. The van der Waals surface area contributed by atoms with E-state index in [1.54, 1.807) is 24.9 Å². The molecular weight excluding hydrogens is 306 g/mol. The van der Waals surface area contributed by atoms with Gasteiger partial charge in [-0.05, 0) is 12.8 Å². The average Bonchev–Trinajstić information content (AvgIpc) is 3.08. The van der Waals surface area contributed by atoms with Gasteiger partial charge < -0.3 is 14.0 Å². The lowest BCUT2D eigenvalue weighted by atomic mass is 9.90. The summed E-state index contributed by atoms with van der Waals surface area (Å²) in [5, 5.41) is 0.105. The zero-order valence-corrected chi connectivity index (χ0v) is 13.9. The van der Waals surface area contributed by atoms with E-state index in [-0.39, 0.29) is 10.9 Å². The normalized spacial score (nSPS) is 30.2. The lowest BCUT2D eigenvalue weighted by Crippen LogP contribution is -2.56. The highest BCUT2D eigenvalue weighted by atomic mass is 32.2. The standard InChI is InChI=1S/C14H23N3O4S/c1-16-8-13(15-11-16)22(18,19)17-6-7-21-14(10-17)5-3-4-12(14)9-20-2/h8,11-12H,3-7,9-10H2,1-2H3/t12-,14-/m0/s1. The number of imidazole rings is 1. The van der Waals surface area contributed by atoms with Gasteiger partial charge in [0.05, 0.1) is 25.1 Å². The van der Waals surface area contributed by atoms with Crippen molar-refractivity contribution >= 4 is 10.0 Å². The van der Waals surface area contributed by atoms with E-state index in [9.17, 15) is 8.42 Å². The fourth-order valence-electron chi connectivity index (χ4n) is 3.58. The van der Waals surface area contributed by atoms with Crippen LogP contribution in [0.4, 0.5) is 0 Å². The third-order valence-corrected chi connectivity index (χ3v) is 6.45. The van der Waals surface area contributed by atoms with Gasteiger partial charge in [0.15, 0.2) is 5.03 Å². The molecule has 1 saturated heterocycles. The molecule has 1 aliphatic carbocycles. The maximum atomic E-state index is 12.8. The van der Waals surface area contributed by atoms with Gasteiger partial charge in [0.1, 0.15) is 0 Å². The first-order chi connectivity index (χ1) is 10.5. The van der Waals surface area contributed by atoms with E-state index in [1.165, 1.54) is 10.6 Å². The number of methoxy groups -OCH3 is 1. The zero-order chi connectivity index (χ0) is 15.8. The highest BCUT2D eigenvalue weighted by molar-refractivity contribution is 7.89. The second-order valence-corrected chi connectivity index (χ2v) is 8.06. The van der Waals surface area contributed by atoms with Crippen LogP contribution < -0.4 is 0 Å². The molecule has 22 heavy (non-hydrogen) atoms. The first-order valence-electron chi connectivity index (χ1n) is 7.59. The fraction of sp³-hybridized carbons (Fsp3) is 0.786. The quantitative estimate of drug-likeness (QED) is 0.810. The van der Waals surface area contributed by atoms with Crippen molar-refractivity contribution in [2.45, 2.75) is 29.9 Å². The molecule has 0 aromatic carbocycles. The molecule has 1 aromatic heterocycles. The van der Waals surface area contributed by atoms with E-state index in [0.717, 1.165) is 19.3 Å². The van der Waals surface area contributed by atoms with Gasteiger partial charge in [0, 0.05) is 39.4 Å². The third kappa shape index (κ3) is 2.68. The van der Waals surface area contributed by atoms with Crippen LogP contribution in [0.1, 0.15) is 19.3 Å². The van der Waals surface area contributed by atoms with Crippen molar-refractivity contribution in [3.8, 4) is 0 Å². The minimum atomic E-state index is -3.56. The van der Waals surface area contributed by atoms with Crippen LogP contribution in [0.5, 0.6) is 0 Å². The van der Waals surface area contributed by atoms with E-state index in [1.807, 2.05) is 0 Å². The summed E-state index contributed by atoms with van der Waals surface area (Å²) in [6.07, 6.45) is 6.00. The topological polar surface area (TPSA) is 73.7 Å². The van der Waals surface area contributed by atoms with E-state index < -0.39 is 15.6 Å². The van der Waals surface area contributed by atoms with Gasteiger partial charge in [0.25, 0.3) is 10.0 Å². The van der Waals surface area contributed by atoms with E-state index >= 15 is 0 Å². The highest BCUT2D eigenvalue weighted by Gasteiger charge is 2.49. The highest BCUT2D eigenvalue weighted by Crippen LogP contribution is 2.42. The molecule has 2 fully saturated rings. The van der Waals surface area contributed by atoms with Crippen molar-refractivity contribution in [2.75, 3.05) is 33.4 Å². The number of sulfonamides is 1. The number of hydrogen-bond acceptors (Lipinski definition) is 5. The maximum Gasteiger partial charge on any atom is 0.262 e. The first kappa shape index (κ1) is 15.9. The molecule has 0 unspecified atom stereocenters. The molecule has 1 saturated carbocycles. The Balaban J connectivity index is 1.84. The average molecular weight is 329 g/mol. The second-order valence-electron chi connectivity index (χ2n) is 6.17. The van der Waals surface area contributed by atoms with Crippen molar-refractivity contribution in [3.63, 3.8) is 0 Å². The van der Waals surface area contributed by atoms with Gasteiger partial charge in [-0.25, -0.2) is 13.4 Å². The maximum absolute atomic E-state index is 12.8. The molecule has 2 atom stereocenters. The Morgan fingerprint density at radius 3 is 3.05 bits per heavy atom. The van der Waals surface area contributed by atoms with Gasteiger partial charge in [-0.1, -0.05) is 6.42 Å². The molecule has 1 spiro atoms. The van der Waals surface area contributed by atoms with E-state index in [2.05, 4.69) is 4.98 Å². The number of aryl methyl sites for hydroxylation is 1. The summed E-state index contributed by atoms with van der Waals surface area (Å²) in [7, 11) is -0.122. The van der Waals surface area contributed by atoms with Crippen LogP contribution in [0.2, 0.25) is 0 Å². The Hall–Kier alpha value is -0.960. The summed E-state index contributed by atoms with van der Waals surface area (Å²) >= 11 is 0. The van der Waals surface area contributed by atoms with E-state index in [0.29, 0.717) is 26.3 Å². The minimum Gasteiger partial charge on any atom is -0.384 e. The van der Waals surface area contributed by atoms with Crippen molar-refractivity contribution in [2.24, 2.45) is 13.0 Å². The van der Waals surface area contributed by atoms with Crippen molar-refractivity contribution in [3.05, 3.63) is 12.5 Å². The van der Waals surface area contributed by atoms with Crippen LogP contribution in [0, 0.1) is 5.92 Å². The second kappa shape index (κ2) is 5.92. The monoisotopic (exact) mass is 329 g/mol. The Kier molecular flexibility index (Phi) is 4.28. The van der Waals surface area contributed by atoms with Crippen LogP contribution in [0.25, 0.3) is 0 Å². The molecular formula is C14H23N3O4S. The third-order valence-electron chi connectivity index (χ3n) is 4.72. The molecule has 0 radical (unpaired) electrons. The predicted octanol–water partition coefficient (Wildman–Crippen LogP) is 0.626. The zero-order valence-electron chi connectivity index (χ0n) is 13.1. The molecule has 0 amide bonds. The van der Waals surface area contributed by atoms with Crippen molar-refractivity contribution < 1.29 is 17.9 Å². The summed E-state index contributed by atoms with van der Waals surface area (Å²) in [5.41, 5.74) is -0.407. The van der Waals surface area contributed by atoms with Gasteiger partial charge in [-0.3, -0.25) is 0 Å². The number of morpholine rings is 1. The van der Waals surface area contributed by atoms with Crippen molar-refractivity contribution in [1.82, 2.24) is 13.9 Å². The number of rotatable bonds is 4. The fourth-order valence-corrected chi connectivity index (χ4v) is 5.03. The molecule has 1 aromatic rings. The van der Waals surface area contributed by atoms with Gasteiger partial charge in [-0.2, -0.15) is 4.31 Å². The smallest absolute Gasteiger partial charge is 0.262 e. The molecule has 7 nitrogen and oxygen atoms in total. The number of ether oxygens (including phenoxy) is 2. The van der Waals surface area contributed by atoms with Gasteiger partial charge in [-0.15, -0.1) is 0 Å². The SMILES string of the molecule is COC[C@@H]1CCC[C@]12CN(S(=O)(=O)c1cn(C)cn1)CCO2. The van der Waals surface area contributed by atoms with Crippen molar-refractivity contribution in [1.29, 1.82) is 0 Å². The molecule has 8 heteroatoms. The van der Waals surface area contributed by atoms with Crippen LogP contribution >= 0.6 is 0 Å². The number of nitrogens with zero attached hydrogens (tertiary/aromatic N) is 3. The first-order valence-corrected chi connectivity index (χ1v) is 9.03. The van der Waals surface area contributed by atoms with Crippen LogP contribution in [0.15, 0.2) is 17.6 Å². The Labute approximate surface area is 131 Å². The van der Waals surface area contributed by atoms with Gasteiger partial charge >= 0.3 is 0 Å². The number of hydrogen-bond donors (Lipinski definition) is 0. The largest absolute Gasteiger partial charge is 0.384 e. The molecule has 2 heterocycles. The summed E-state index contributed by atoms with van der Waals surface area (Å²) in [4.78, 5) is 4.00. The molecule has 2 aliphatic rings. The lowest BCUT2D eigenvalue weighted by molar-refractivity contribution is -0.123. The molecule has 3 rings (SSSR count). The predicted molar refractivity (Wildman–Crippen MR) is 79.9 cm³/mol. The Morgan fingerprint density at radius 2 is 2.36 bits per heavy atom. The molecule has 124 valence electrons. The van der Waals surface area contributed by atoms with Crippen LogP contribution in [0.3, 0.4) is 0 Å². The summed E-state index contributed by atoms with van der Waals surface area (Å²) in [5.74, 6) is 0.249. The summed E-state index contributed by atoms with van der Waals surface area (Å²) < 4.78 is 40.0. The van der Waals surface area contributed by atoms with Crippen LogP contribution in [-0.4, -0.2) is 61.3 Å². The lowest BCUT2D eigenvalue weighted by Gasteiger charge is -2.43. The Morgan fingerprint density at radius 1 is 1.55 bits per heavy atom. The van der Waals surface area contributed by atoms with Gasteiger partial charge in [0.2, 0.25) is 0 Å². The summed E-state index contributed by atoms with van der Waals surface area (Å²) in [6.45, 7) is 1.80. The molecule has 1 aliphatic heterocycles. The minimum absolute atomic E-state index is 0.105. The molecule has 0 bridgehead atoms.